The Balaban J connectivity index is 2.47. The smallest absolute Gasteiger partial charge is 0.407 e. The molecular formula is C22H32N2O4Si. The van der Waals surface area contributed by atoms with E-state index in [0.29, 0.717) is 12.2 Å². The van der Waals surface area contributed by atoms with Crippen molar-refractivity contribution in [1.29, 1.82) is 0 Å². The molecule has 7 heteroatoms. The summed E-state index contributed by atoms with van der Waals surface area (Å²) in [6, 6.07) is 9.54. The minimum atomic E-state index is -2.02. The fourth-order valence-electron chi connectivity index (χ4n) is 2.78. The summed E-state index contributed by atoms with van der Waals surface area (Å²) in [4.78, 5) is 16.5. The Bertz CT molecular complexity index is 834. The van der Waals surface area contributed by atoms with E-state index in [1.165, 1.54) is 7.05 Å². The maximum atomic E-state index is 11.2. The first-order chi connectivity index (χ1) is 13.4. The quantitative estimate of drug-likeness (QED) is 0.626. The summed E-state index contributed by atoms with van der Waals surface area (Å²) in [5.41, 5.74) is 3.42. The summed E-state index contributed by atoms with van der Waals surface area (Å²) in [7, 11) is -0.574. The van der Waals surface area contributed by atoms with Gasteiger partial charge in [0.05, 0.1) is 19.3 Å². The van der Waals surface area contributed by atoms with E-state index >= 15 is 0 Å². The van der Waals surface area contributed by atoms with Gasteiger partial charge in [-0.1, -0.05) is 45.0 Å². The van der Waals surface area contributed by atoms with Crippen LogP contribution in [0, 0.1) is 0 Å². The zero-order valence-corrected chi connectivity index (χ0v) is 19.1. The maximum absolute atomic E-state index is 11.2. The summed E-state index contributed by atoms with van der Waals surface area (Å²) in [5, 5.41) is 20.0. The van der Waals surface area contributed by atoms with E-state index < -0.39 is 20.5 Å². The molecule has 0 fully saturated rings. The predicted octanol–water partition coefficient (Wildman–Crippen LogP) is 4.91. The van der Waals surface area contributed by atoms with Gasteiger partial charge in [-0.3, -0.25) is 4.98 Å². The lowest BCUT2D eigenvalue weighted by molar-refractivity contribution is 0.107. The molecule has 0 bridgehead atoms. The van der Waals surface area contributed by atoms with Crippen molar-refractivity contribution in [3.05, 3.63) is 53.9 Å². The third-order valence-corrected chi connectivity index (χ3v) is 10.2. The first-order valence-corrected chi connectivity index (χ1v) is 12.6. The van der Waals surface area contributed by atoms with E-state index in [0.717, 1.165) is 21.6 Å². The highest BCUT2D eigenvalue weighted by molar-refractivity contribution is 6.74. The molecule has 2 aromatic rings. The Morgan fingerprint density at radius 1 is 1.24 bits per heavy atom. The van der Waals surface area contributed by atoms with Gasteiger partial charge in [0.1, 0.15) is 0 Å². The predicted molar refractivity (Wildman–Crippen MR) is 117 cm³/mol. The van der Waals surface area contributed by atoms with Crippen LogP contribution in [-0.4, -0.2) is 48.1 Å². The van der Waals surface area contributed by atoms with Gasteiger partial charge in [0.15, 0.2) is 8.32 Å². The number of likely N-dealkylation sites (N-methyl/N-ethyl adjacent to an activating group) is 1. The zero-order chi connectivity index (χ0) is 21.8. The minimum Gasteiger partial charge on any atom is -0.465 e. The van der Waals surface area contributed by atoms with Crippen LogP contribution in [0.1, 0.15) is 38.0 Å². The average molecular weight is 417 g/mol. The second kappa shape index (κ2) is 9.07. The van der Waals surface area contributed by atoms with Crippen LogP contribution in [0.15, 0.2) is 42.7 Å². The molecule has 6 nitrogen and oxygen atoms in total. The monoisotopic (exact) mass is 416 g/mol. The van der Waals surface area contributed by atoms with Crippen molar-refractivity contribution in [2.45, 2.75) is 51.6 Å². The Morgan fingerprint density at radius 3 is 2.48 bits per heavy atom. The fourth-order valence-corrected chi connectivity index (χ4v) is 3.71. The molecule has 1 aromatic heterocycles. The number of aliphatic hydroxyl groups excluding tert-OH is 1. The number of carboxylic acid groups (broad SMARTS) is 1. The summed E-state index contributed by atoms with van der Waals surface area (Å²) in [6.07, 6.45) is 1.47. The molecule has 1 atom stereocenters. The fraction of sp³-hybridized carbons (Fsp3) is 0.455. The number of aliphatic hydroxyl groups is 1. The minimum absolute atomic E-state index is 0.0150. The standard InChI is InChI=1S/C22H32N2O4Si/c1-22(2,3)29(5,6)28-15-19-17(16-9-8-12-23-13-16)10-7-11-18(19)20(25)14-24(4)21(26)27/h7-13,20,25H,14-15H2,1-6H3,(H,26,27). The van der Waals surface area contributed by atoms with Crippen molar-refractivity contribution >= 4 is 14.4 Å². The molecule has 2 N–H and O–H groups in total. The largest absolute Gasteiger partial charge is 0.465 e. The molecule has 2 rings (SSSR count). The highest BCUT2D eigenvalue weighted by Gasteiger charge is 2.37. The number of benzene rings is 1. The molecule has 29 heavy (non-hydrogen) atoms. The van der Waals surface area contributed by atoms with E-state index in [1.54, 1.807) is 12.4 Å². The topological polar surface area (TPSA) is 82.9 Å². The van der Waals surface area contributed by atoms with Crippen molar-refractivity contribution in [2.75, 3.05) is 13.6 Å². The van der Waals surface area contributed by atoms with Gasteiger partial charge in [0, 0.05) is 25.0 Å². The van der Waals surface area contributed by atoms with E-state index in [2.05, 4.69) is 38.8 Å². The van der Waals surface area contributed by atoms with E-state index in [4.69, 9.17) is 9.53 Å². The molecule has 1 aromatic carbocycles. The van der Waals surface area contributed by atoms with Crippen LogP contribution in [0.3, 0.4) is 0 Å². The van der Waals surface area contributed by atoms with Gasteiger partial charge in [0.25, 0.3) is 0 Å². The van der Waals surface area contributed by atoms with Crippen LogP contribution in [0.5, 0.6) is 0 Å². The number of pyridine rings is 1. The summed E-state index contributed by atoms with van der Waals surface area (Å²) < 4.78 is 6.46. The van der Waals surface area contributed by atoms with Gasteiger partial charge in [0.2, 0.25) is 0 Å². The van der Waals surface area contributed by atoms with Gasteiger partial charge in [-0.15, -0.1) is 0 Å². The Morgan fingerprint density at radius 2 is 1.93 bits per heavy atom. The zero-order valence-electron chi connectivity index (χ0n) is 18.1. The summed E-state index contributed by atoms with van der Waals surface area (Å²) in [6.45, 7) is 11.3. The highest BCUT2D eigenvalue weighted by atomic mass is 28.4. The van der Waals surface area contributed by atoms with Gasteiger partial charge in [-0.05, 0) is 40.9 Å². The first-order valence-electron chi connectivity index (χ1n) is 9.72. The molecule has 0 aliphatic carbocycles. The lowest BCUT2D eigenvalue weighted by atomic mass is 9.94. The van der Waals surface area contributed by atoms with Gasteiger partial charge in [-0.2, -0.15) is 0 Å². The summed E-state index contributed by atoms with van der Waals surface area (Å²) >= 11 is 0. The maximum Gasteiger partial charge on any atom is 0.407 e. The average Bonchev–Trinajstić information content (AvgIpc) is 2.65. The Kier molecular flexibility index (Phi) is 7.21. The molecule has 0 saturated carbocycles. The third kappa shape index (κ3) is 5.65. The van der Waals surface area contributed by atoms with Gasteiger partial charge >= 0.3 is 6.09 Å². The van der Waals surface area contributed by atoms with Crippen LogP contribution in [0.25, 0.3) is 11.1 Å². The van der Waals surface area contributed by atoms with Gasteiger partial charge in [-0.25, -0.2) is 4.79 Å². The van der Waals surface area contributed by atoms with E-state index in [9.17, 15) is 9.90 Å². The van der Waals surface area contributed by atoms with Crippen LogP contribution >= 0.6 is 0 Å². The molecule has 0 spiro atoms. The number of rotatable bonds is 7. The lowest BCUT2D eigenvalue weighted by Gasteiger charge is -2.36. The highest BCUT2D eigenvalue weighted by Crippen LogP contribution is 2.38. The molecule has 0 radical (unpaired) electrons. The molecule has 158 valence electrons. The number of hydrogen-bond acceptors (Lipinski definition) is 4. The van der Waals surface area contributed by atoms with Crippen molar-refractivity contribution in [3.63, 3.8) is 0 Å². The second-order valence-corrected chi connectivity index (χ2v) is 13.7. The molecular weight excluding hydrogens is 384 g/mol. The molecule has 0 saturated heterocycles. The van der Waals surface area contributed by atoms with Crippen LogP contribution in [0.2, 0.25) is 18.1 Å². The van der Waals surface area contributed by atoms with Gasteiger partial charge < -0.3 is 19.5 Å². The SMILES string of the molecule is CN(CC(O)c1cccc(-c2cccnc2)c1CO[Si](C)(C)C(C)(C)C)C(=O)O. The van der Waals surface area contributed by atoms with E-state index in [1.807, 2.05) is 30.3 Å². The van der Waals surface area contributed by atoms with Crippen LogP contribution < -0.4 is 0 Å². The molecule has 1 heterocycles. The number of nitrogens with zero attached hydrogens (tertiary/aromatic N) is 2. The number of aromatic nitrogens is 1. The van der Waals surface area contributed by atoms with Crippen LogP contribution in [-0.2, 0) is 11.0 Å². The first kappa shape index (κ1) is 23.1. The molecule has 1 amide bonds. The lowest BCUT2D eigenvalue weighted by Crippen LogP contribution is -2.40. The summed E-state index contributed by atoms with van der Waals surface area (Å²) in [5.74, 6) is 0. The Labute approximate surface area is 174 Å². The second-order valence-electron chi connectivity index (χ2n) is 8.84. The van der Waals surface area contributed by atoms with Crippen molar-refractivity contribution in [2.24, 2.45) is 0 Å². The van der Waals surface area contributed by atoms with Crippen molar-refractivity contribution in [1.82, 2.24) is 9.88 Å². The number of hydrogen-bond donors (Lipinski definition) is 2. The van der Waals surface area contributed by atoms with E-state index in [-0.39, 0.29) is 11.6 Å². The number of amides is 1. The number of carbonyl (C=O) groups is 1. The molecule has 0 aliphatic rings. The van der Waals surface area contributed by atoms with Crippen molar-refractivity contribution < 1.29 is 19.4 Å². The third-order valence-electron chi connectivity index (χ3n) is 5.70. The normalized spacial score (nSPS) is 13.2. The van der Waals surface area contributed by atoms with Crippen LogP contribution in [0.4, 0.5) is 4.79 Å². The molecule has 0 aliphatic heterocycles. The molecule has 1 unspecified atom stereocenters. The van der Waals surface area contributed by atoms with Crippen molar-refractivity contribution in [3.8, 4) is 11.1 Å². The Hall–Kier alpha value is -2.22.